The summed E-state index contributed by atoms with van der Waals surface area (Å²) in [5.41, 5.74) is 6.03. The molecule has 1 aromatic carbocycles. The highest BCUT2D eigenvalue weighted by Gasteiger charge is 2.30. The van der Waals surface area contributed by atoms with Crippen molar-refractivity contribution in [2.24, 2.45) is 12.8 Å². The first-order valence-corrected chi connectivity index (χ1v) is 5.57. The molecule has 2 rings (SSSR count). The summed E-state index contributed by atoms with van der Waals surface area (Å²) in [7, 11) is 1.78. The number of nitrogens with two attached hydrogens (primary N) is 1. The van der Waals surface area contributed by atoms with Gasteiger partial charge in [0, 0.05) is 19.5 Å². The van der Waals surface area contributed by atoms with Gasteiger partial charge in [-0.05, 0) is 25.1 Å². The molecule has 0 saturated carbocycles. The van der Waals surface area contributed by atoms with Gasteiger partial charge in [-0.25, -0.2) is 4.98 Å². The molecule has 98 valence electrons. The normalized spacial score (nSPS) is 14.1. The summed E-state index contributed by atoms with van der Waals surface area (Å²) in [6.45, 7) is 1.83. The van der Waals surface area contributed by atoms with E-state index in [9.17, 15) is 13.2 Å². The van der Waals surface area contributed by atoms with E-state index in [1.807, 2.05) is 6.92 Å². The minimum atomic E-state index is -4.34. The van der Waals surface area contributed by atoms with E-state index < -0.39 is 11.7 Å². The number of fused-ring (bicyclic) bond motifs is 1. The molecule has 0 aliphatic rings. The Kier molecular flexibility index (Phi) is 3.06. The van der Waals surface area contributed by atoms with E-state index in [2.05, 4.69) is 4.98 Å². The fourth-order valence-corrected chi connectivity index (χ4v) is 1.90. The van der Waals surface area contributed by atoms with Gasteiger partial charge in [0.05, 0.1) is 16.6 Å². The number of nitrogens with zero attached hydrogens (tertiary/aromatic N) is 2. The van der Waals surface area contributed by atoms with Gasteiger partial charge in [-0.3, -0.25) is 0 Å². The van der Waals surface area contributed by atoms with Gasteiger partial charge in [-0.2, -0.15) is 13.2 Å². The lowest BCUT2D eigenvalue weighted by Crippen LogP contribution is -2.19. The zero-order chi connectivity index (χ0) is 13.5. The highest BCUT2D eigenvalue weighted by atomic mass is 19.4. The molecule has 1 aromatic heterocycles. The Morgan fingerprint density at radius 1 is 1.39 bits per heavy atom. The maximum atomic E-state index is 12.6. The van der Waals surface area contributed by atoms with Crippen LogP contribution in [0, 0.1) is 0 Å². The quantitative estimate of drug-likeness (QED) is 0.898. The lowest BCUT2D eigenvalue weighted by atomic mass is 10.2. The third kappa shape index (κ3) is 2.33. The Morgan fingerprint density at radius 2 is 2.06 bits per heavy atom. The highest BCUT2D eigenvalue weighted by molar-refractivity contribution is 5.77. The first-order valence-electron chi connectivity index (χ1n) is 5.57. The summed E-state index contributed by atoms with van der Waals surface area (Å²) in [6, 6.07) is 3.50. The van der Waals surface area contributed by atoms with Gasteiger partial charge in [-0.1, -0.05) is 0 Å². The molecule has 0 aliphatic heterocycles. The van der Waals surface area contributed by atoms with Crippen LogP contribution in [0.3, 0.4) is 0 Å². The smallest absolute Gasteiger partial charge is 0.331 e. The molecular formula is C12H14F3N3. The summed E-state index contributed by atoms with van der Waals surface area (Å²) in [5, 5.41) is 0. The van der Waals surface area contributed by atoms with Gasteiger partial charge in [0.25, 0.3) is 0 Å². The largest absolute Gasteiger partial charge is 0.416 e. The van der Waals surface area contributed by atoms with E-state index in [1.54, 1.807) is 11.6 Å². The average Bonchev–Trinajstić information content (AvgIpc) is 2.53. The summed E-state index contributed by atoms with van der Waals surface area (Å²) < 4.78 is 39.5. The molecule has 0 spiro atoms. The van der Waals surface area contributed by atoms with E-state index in [1.165, 1.54) is 6.07 Å². The van der Waals surface area contributed by atoms with Gasteiger partial charge < -0.3 is 10.3 Å². The predicted molar refractivity (Wildman–Crippen MR) is 63.1 cm³/mol. The van der Waals surface area contributed by atoms with E-state index in [0.717, 1.165) is 12.1 Å². The second-order valence-electron chi connectivity index (χ2n) is 4.47. The van der Waals surface area contributed by atoms with E-state index >= 15 is 0 Å². The Hall–Kier alpha value is -1.56. The van der Waals surface area contributed by atoms with Crippen LogP contribution < -0.4 is 5.73 Å². The number of aromatic nitrogens is 2. The molecule has 2 N–H and O–H groups in total. The van der Waals surface area contributed by atoms with Crippen LogP contribution in [0.1, 0.15) is 18.3 Å². The van der Waals surface area contributed by atoms with E-state index in [0.29, 0.717) is 23.3 Å². The minimum absolute atomic E-state index is 0.0809. The Labute approximate surface area is 102 Å². The maximum Gasteiger partial charge on any atom is 0.416 e. The fraction of sp³-hybridized carbons (Fsp3) is 0.417. The van der Waals surface area contributed by atoms with Crippen molar-refractivity contribution >= 4 is 11.0 Å². The number of benzene rings is 1. The average molecular weight is 257 g/mol. The van der Waals surface area contributed by atoms with Crippen LogP contribution in [0.4, 0.5) is 13.2 Å². The molecule has 2 aromatic rings. The molecule has 0 saturated heterocycles. The highest BCUT2D eigenvalue weighted by Crippen LogP contribution is 2.31. The van der Waals surface area contributed by atoms with Crippen molar-refractivity contribution < 1.29 is 13.2 Å². The van der Waals surface area contributed by atoms with Crippen LogP contribution in [-0.4, -0.2) is 15.6 Å². The second kappa shape index (κ2) is 4.28. The molecule has 6 heteroatoms. The van der Waals surface area contributed by atoms with Crippen molar-refractivity contribution in [3.63, 3.8) is 0 Å². The number of alkyl halides is 3. The summed E-state index contributed by atoms with van der Waals surface area (Å²) in [5.74, 6) is 0.694. The molecule has 0 bridgehead atoms. The number of imidazole rings is 1. The molecule has 0 radical (unpaired) electrons. The molecule has 18 heavy (non-hydrogen) atoms. The van der Waals surface area contributed by atoms with Gasteiger partial charge in [0.15, 0.2) is 0 Å². The van der Waals surface area contributed by atoms with Crippen LogP contribution in [0.2, 0.25) is 0 Å². The zero-order valence-electron chi connectivity index (χ0n) is 10.1. The molecule has 0 aliphatic carbocycles. The third-order valence-electron chi connectivity index (χ3n) is 2.81. The topological polar surface area (TPSA) is 43.8 Å². The molecule has 1 atom stereocenters. The summed E-state index contributed by atoms with van der Waals surface area (Å²) in [4.78, 5) is 4.21. The van der Waals surface area contributed by atoms with Crippen LogP contribution in [0.15, 0.2) is 18.2 Å². The van der Waals surface area contributed by atoms with Crippen LogP contribution in [0.5, 0.6) is 0 Å². The summed E-state index contributed by atoms with van der Waals surface area (Å²) >= 11 is 0. The second-order valence-corrected chi connectivity index (χ2v) is 4.47. The minimum Gasteiger partial charge on any atom is -0.331 e. The predicted octanol–water partition coefficient (Wildman–Crippen LogP) is 2.48. The molecule has 0 fully saturated rings. The number of hydrogen-bond donors (Lipinski definition) is 1. The molecular weight excluding hydrogens is 243 g/mol. The first kappa shape index (κ1) is 12.9. The molecule has 0 amide bonds. The van der Waals surface area contributed by atoms with Gasteiger partial charge in [0.1, 0.15) is 5.82 Å². The van der Waals surface area contributed by atoms with Crippen molar-refractivity contribution in [1.82, 2.24) is 9.55 Å². The number of halogens is 3. The molecule has 1 unspecified atom stereocenters. The Balaban J connectivity index is 2.52. The van der Waals surface area contributed by atoms with Crippen molar-refractivity contribution in [3.05, 3.63) is 29.6 Å². The Bertz CT molecular complexity index is 570. The van der Waals surface area contributed by atoms with Gasteiger partial charge in [0.2, 0.25) is 0 Å². The first-order chi connectivity index (χ1) is 8.29. The lowest BCUT2D eigenvalue weighted by Gasteiger charge is -2.06. The van der Waals surface area contributed by atoms with Crippen molar-refractivity contribution in [3.8, 4) is 0 Å². The fourth-order valence-electron chi connectivity index (χ4n) is 1.90. The van der Waals surface area contributed by atoms with Crippen molar-refractivity contribution in [1.29, 1.82) is 0 Å². The molecule has 1 heterocycles. The van der Waals surface area contributed by atoms with Gasteiger partial charge in [-0.15, -0.1) is 0 Å². The van der Waals surface area contributed by atoms with E-state index in [-0.39, 0.29) is 6.04 Å². The number of aryl methyl sites for hydroxylation is 1. The Morgan fingerprint density at radius 3 is 2.61 bits per heavy atom. The van der Waals surface area contributed by atoms with Crippen molar-refractivity contribution in [2.45, 2.75) is 25.6 Å². The van der Waals surface area contributed by atoms with Crippen LogP contribution >= 0.6 is 0 Å². The van der Waals surface area contributed by atoms with E-state index in [4.69, 9.17) is 5.73 Å². The van der Waals surface area contributed by atoms with Crippen LogP contribution in [-0.2, 0) is 19.6 Å². The monoisotopic (exact) mass is 257 g/mol. The number of rotatable bonds is 2. The number of hydrogen-bond acceptors (Lipinski definition) is 2. The lowest BCUT2D eigenvalue weighted by molar-refractivity contribution is -0.137. The summed E-state index contributed by atoms with van der Waals surface area (Å²) in [6.07, 6.45) is -3.81. The SMILES string of the molecule is CC(N)Cc1nc2cc(C(F)(F)F)ccc2n1C. The van der Waals surface area contributed by atoms with Gasteiger partial charge >= 0.3 is 6.18 Å². The third-order valence-corrected chi connectivity index (χ3v) is 2.81. The standard InChI is InChI=1S/C12H14F3N3/c1-7(16)5-11-17-9-6-8(12(13,14)15)3-4-10(9)18(11)2/h3-4,6-7H,5,16H2,1-2H3. The van der Waals surface area contributed by atoms with Crippen LogP contribution in [0.25, 0.3) is 11.0 Å². The zero-order valence-corrected chi connectivity index (χ0v) is 10.1. The maximum absolute atomic E-state index is 12.6. The molecule has 3 nitrogen and oxygen atoms in total. The van der Waals surface area contributed by atoms with Crippen molar-refractivity contribution in [2.75, 3.05) is 0 Å².